The van der Waals surface area contributed by atoms with E-state index in [1.165, 1.54) is 0 Å². The number of hydrogen-bond acceptors (Lipinski definition) is 5. The molecule has 2 rings (SSSR count). The minimum atomic E-state index is 0.485. The van der Waals surface area contributed by atoms with Crippen molar-refractivity contribution in [2.75, 3.05) is 11.1 Å². The Morgan fingerprint density at radius 1 is 1.41 bits per heavy atom. The van der Waals surface area contributed by atoms with Gasteiger partial charge in [0.25, 0.3) is 0 Å². The highest BCUT2D eigenvalue weighted by Gasteiger charge is 2.05. The standard InChI is InChI=1S/C11H13ClN4O/c1-6-3-9(13)8(12)4-10(6)14-5-11-15-7(2)17-16-11/h3-4,14H,5,13H2,1-2H3. The number of aryl methyl sites for hydroxylation is 2. The Kier molecular flexibility index (Phi) is 3.19. The summed E-state index contributed by atoms with van der Waals surface area (Å²) in [5.74, 6) is 1.16. The number of hydrogen-bond donors (Lipinski definition) is 2. The first kappa shape index (κ1) is 11.7. The Hall–Kier alpha value is -1.75. The summed E-state index contributed by atoms with van der Waals surface area (Å²) in [7, 11) is 0. The van der Waals surface area contributed by atoms with Crippen LogP contribution in [0.3, 0.4) is 0 Å². The molecule has 0 amide bonds. The van der Waals surface area contributed by atoms with Crippen molar-refractivity contribution >= 4 is 23.0 Å². The summed E-state index contributed by atoms with van der Waals surface area (Å²) in [5.41, 5.74) is 8.20. The molecule has 0 bridgehead atoms. The number of anilines is 2. The molecule has 1 aromatic heterocycles. The van der Waals surface area contributed by atoms with E-state index in [4.69, 9.17) is 21.9 Å². The third kappa shape index (κ3) is 2.68. The fourth-order valence-electron chi connectivity index (χ4n) is 1.48. The maximum atomic E-state index is 5.96. The van der Waals surface area contributed by atoms with Crippen molar-refractivity contribution in [3.05, 3.63) is 34.4 Å². The molecular weight excluding hydrogens is 240 g/mol. The minimum Gasteiger partial charge on any atom is -0.398 e. The number of nitrogens with zero attached hydrogens (tertiary/aromatic N) is 2. The largest absolute Gasteiger partial charge is 0.398 e. The highest BCUT2D eigenvalue weighted by atomic mass is 35.5. The summed E-state index contributed by atoms with van der Waals surface area (Å²) in [6, 6.07) is 3.62. The zero-order chi connectivity index (χ0) is 12.4. The van der Waals surface area contributed by atoms with Crippen molar-refractivity contribution in [3.8, 4) is 0 Å². The van der Waals surface area contributed by atoms with Crippen molar-refractivity contribution in [1.29, 1.82) is 0 Å². The molecule has 0 aliphatic rings. The lowest BCUT2D eigenvalue weighted by atomic mass is 10.2. The van der Waals surface area contributed by atoms with Gasteiger partial charge in [-0.1, -0.05) is 16.8 Å². The lowest BCUT2D eigenvalue weighted by Gasteiger charge is -2.09. The quantitative estimate of drug-likeness (QED) is 0.821. The molecule has 0 aliphatic carbocycles. The molecule has 90 valence electrons. The molecule has 0 aliphatic heterocycles. The van der Waals surface area contributed by atoms with Crippen LogP contribution in [0.1, 0.15) is 17.3 Å². The van der Waals surface area contributed by atoms with E-state index in [-0.39, 0.29) is 0 Å². The fourth-order valence-corrected chi connectivity index (χ4v) is 1.65. The molecule has 17 heavy (non-hydrogen) atoms. The highest BCUT2D eigenvalue weighted by Crippen LogP contribution is 2.26. The van der Waals surface area contributed by atoms with Gasteiger partial charge >= 0.3 is 0 Å². The number of halogens is 1. The van der Waals surface area contributed by atoms with Crippen LogP contribution in [-0.4, -0.2) is 10.1 Å². The second-order valence-corrected chi connectivity index (χ2v) is 4.18. The fraction of sp³-hybridized carbons (Fsp3) is 0.273. The van der Waals surface area contributed by atoms with Gasteiger partial charge in [0.15, 0.2) is 5.82 Å². The third-order valence-electron chi connectivity index (χ3n) is 2.35. The van der Waals surface area contributed by atoms with Crippen LogP contribution in [0.2, 0.25) is 5.02 Å². The Morgan fingerprint density at radius 3 is 2.82 bits per heavy atom. The number of nitrogen functional groups attached to an aromatic ring is 1. The molecule has 0 saturated heterocycles. The zero-order valence-electron chi connectivity index (χ0n) is 9.62. The van der Waals surface area contributed by atoms with Crippen molar-refractivity contribution in [2.24, 2.45) is 0 Å². The average molecular weight is 253 g/mol. The van der Waals surface area contributed by atoms with Gasteiger partial charge < -0.3 is 15.6 Å². The van der Waals surface area contributed by atoms with Crippen molar-refractivity contribution < 1.29 is 4.52 Å². The van der Waals surface area contributed by atoms with Gasteiger partial charge in [0.1, 0.15) is 0 Å². The van der Waals surface area contributed by atoms with E-state index in [0.717, 1.165) is 11.3 Å². The van der Waals surface area contributed by atoms with E-state index in [1.807, 2.05) is 13.0 Å². The molecule has 3 N–H and O–H groups in total. The van der Waals surface area contributed by atoms with Gasteiger partial charge in [-0.25, -0.2) is 0 Å². The van der Waals surface area contributed by atoms with Gasteiger partial charge in [-0.15, -0.1) is 0 Å². The second kappa shape index (κ2) is 4.63. The Labute approximate surface area is 104 Å². The molecule has 0 fully saturated rings. The van der Waals surface area contributed by atoms with Gasteiger partial charge in [-0.3, -0.25) is 0 Å². The Morgan fingerprint density at radius 2 is 2.18 bits per heavy atom. The van der Waals surface area contributed by atoms with Crippen LogP contribution in [0.4, 0.5) is 11.4 Å². The number of aromatic nitrogens is 2. The Balaban J connectivity index is 2.11. The van der Waals surface area contributed by atoms with Gasteiger partial charge in [0.05, 0.1) is 17.3 Å². The van der Waals surface area contributed by atoms with Gasteiger partial charge in [0, 0.05) is 12.6 Å². The third-order valence-corrected chi connectivity index (χ3v) is 2.68. The summed E-state index contributed by atoms with van der Waals surface area (Å²) in [5, 5.41) is 7.51. The average Bonchev–Trinajstić information content (AvgIpc) is 2.68. The summed E-state index contributed by atoms with van der Waals surface area (Å²) >= 11 is 5.96. The predicted molar refractivity (Wildman–Crippen MR) is 67.0 cm³/mol. The maximum absolute atomic E-state index is 5.96. The molecule has 0 atom stereocenters. The first-order valence-electron chi connectivity index (χ1n) is 5.15. The SMILES string of the molecule is Cc1nc(CNc2cc(Cl)c(N)cc2C)no1. The molecule has 0 unspecified atom stereocenters. The van der Waals surface area contributed by atoms with Gasteiger partial charge in [0.2, 0.25) is 5.89 Å². The van der Waals surface area contributed by atoms with E-state index in [0.29, 0.717) is 29.0 Å². The maximum Gasteiger partial charge on any atom is 0.223 e. The molecule has 0 saturated carbocycles. The predicted octanol–water partition coefficient (Wildman–Crippen LogP) is 2.53. The molecule has 2 aromatic rings. The zero-order valence-corrected chi connectivity index (χ0v) is 10.4. The van der Waals surface area contributed by atoms with Crippen LogP contribution in [0, 0.1) is 13.8 Å². The molecular formula is C11H13ClN4O. The van der Waals surface area contributed by atoms with Crippen molar-refractivity contribution in [3.63, 3.8) is 0 Å². The highest BCUT2D eigenvalue weighted by molar-refractivity contribution is 6.33. The van der Waals surface area contributed by atoms with E-state index >= 15 is 0 Å². The molecule has 0 spiro atoms. The molecule has 1 aromatic carbocycles. The van der Waals surface area contributed by atoms with E-state index in [1.54, 1.807) is 13.0 Å². The molecule has 0 radical (unpaired) electrons. The summed E-state index contributed by atoms with van der Waals surface area (Å²) in [4.78, 5) is 4.10. The lowest BCUT2D eigenvalue weighted by Crippen LogP contribution is -2.03. The van der Waals surface area contributed by atoms with Crippen LogP contribution >= 0.6 is 11.6 Å². The first-order chi connectivity index (χ1) is 8.06. The monoisotopic (exact) mass is 252 g/mol. The topological polar surface area (TPSA) is 77.0 Å². The van der Waals surface area contributed by atoms with Gasteiger partial charge in [-0.2, -0.15) is 4.98 Å². The van der Waals surface area contributed by atoms with Gasteiger partial charge in [-0.05, 0) is 24.6 Å². The van der Waals surface area contributed by atoms with Crippen molar-refractivity contribution in [2.45, 2.75) is 20.4 Å². The smallest absolute Gasteiger partial charge is 0.223 e. The van der Waals surface area contributed by atoms with Crippen LogP contribution in [0.25, 0.3) is 0 Å². The van der Waals surface area contributed by atoms with Crippen LogP contribution < -0.4 is 11.1 Å². The number of nitrogens with one attached hydrogen (secondary N) is 1. The summed E-state index contributed by atoms with van der Waals surface area (Å²) < 4.78 is 4.88. The lowest BCUT2D eigenvalue weighted by molar-refractivity contribution is 0.388. The van der Waals surface area contributed by atoms with E-state index in [9.17, 15) is 0 Å². The van der Waals surface area contributed by atoms with Crippen molar-refractivity contribution in [1.82, 2.24) is 10.1 Å². The van der Waals surface area contributed by atoms with Crippen LogP contribution in [0.5, 0.6) is 0 Å². The second-order valence-electron chi connectivity index (χ2n) is 3.77. The van der Waals surface area contributed by atoms with E-state index in [2.05, 4.69) is 15.5 Å². The van der Waals surface area contributed by atoms with Crippen LogP contribution in [-0.2, 0) is 6.54 Å². The minimum absolute atomic E-state index is 0.485. The molecule has 5 nitrogen and oxygen atoms in total. The summed E-state index contributed by atoms with van der Waals surface area (Å²) in [6.45, 7) is 4.19. The summed E-state index contributed by atoms with van der Waals surface area (Å²) in [6.07, 6.45) is 0. The number of rotatable bonds is 3. The number of nitrogens with two attached hydrogens (primary N) is 1. The number of benzene rings is 1. The normalized spacial score (nSPS) is 10.5. The molecule has 1 heterocycles. The first-order valence-corrected chi connectivity index (χ1v) is 5.52. The van der Waals surface area contributed by atoms with Crippen LogP contribution in [0.15, 0.2) is 16.7 Å². The molecule has 6 heteroatoms. The Bertz CT molecular complexity index is 538. The van der Waals surface area contributed by atoms with E-state index < -0.39 is 0 Å².